The molecule has 0 bridgehead atoms. The lowest BCUT2D eigenvalue weighted by molar-refractivity contribution is -0.384. The average Bonchev–Trinajstić information content (AvgIpc) is 3.21. The van der Waals surface area contributed by atoms with E-state index in [1.54, 1.807) is 24.3 Å². The summed E-state index contributed by atoms with van der Waals surface area (Å²) >= 11 is 0. The number of fused-ring (bicyclic) bond motifs is 1. The molecular formula is C22H19FN6O4. The van der Waals surface area contributed by atoms with Gasteiger partial charge in [-0.15, -0.1) is 0 Å². The van der Waals surface area contributed by atoms with Gasteiger partial charge in [0.15, 0.2) is 5.65 Å². The third-order valence-corrected chi connectivity index (χ3v) is 5.05. The van der Waals surface area contributed by atoms with Gasteiger partial charge in [0.2, 0.25) is 5.91 Å². The van der Waals surface area contributed by atoms with Crippen LogP contribution in [0.4, 0.5) is 10.1 Å². The van der Waals surface area contributed by atoms with Gasteiger partial charge in [-0.25, -0.2) is 14.1 Å². The first-order valence-electron chi connectivity index (χ1n) is 10.1. The van der Waals surface area contributed by atoms with Crippen LogP contribution >= 0.6 is 0 Å². The highest BCUT2D eigenvalue weighted by molar-refractivity contribution is 5.78. The Kier molecular flexibility index (Phi) is 6.20. The van der Waals surface area contributed by atoms with Crippen molar-refractivity contribution >= 4 is 22.6 Å². The number of nitrogens with one attached hydrogen (secondary N) is 1. The minimum Gasteiger partial charge on any atom is -0.354 e. The van der Waals surface area contributed by atoms with Crippen LogP contribution in [0, 0.1) is 15.9 Å². The fourth-order valence-electron chi connectivity index (χ4n) is 3.34. The van der Waals surface area contributed by atoms with Crippen LogP contribution in [0.1, 0.15) is 11.1 Å². The van der Waals surface area contributed by atoms with Crippen molar-refractivity contribution in [3.8, 4) is 0 Å². The number of nitrogens with zero attached hydrogens (tertiary/aromatic N) is 5. The maximum Gasteiger partial charge on any atom is 0.269 e. The fraction of sp³-hybridized carbons (Fsp3) is 0.182. The van der Waals surface area contributed by atoms with Crippen LogP contribution in [-0.2, 0) is 24.3 Å². The van der Waals surface area contributed by atoms with Crippen LogP contribution in [0.15, 0.2) is 65.8 Å². The van der Waals surface area contributed by atoms with Crippen molar-refractivity contribution in [3.63, 3.8) is 0 Å². The van der Waals surface area contributed by atoms with Crippen molar-refractivity contribution in [2.75, 3.05) is 6.54 Å². The molecule has 4 aromatic rings. The predicted octanol–water partition coefficient (Wildman–Crippen LogP) is 2.05. The summed E-state index contributed by atoms with van der Waals surface area (Å²) in [5.74, 6) is -0.587. The van der Waals surface area contributed by atoms with Crippen molar-refractivity contribution in [3.05, 3.63) is 98.5 Å². The predicted molar refractivity (Wildman–Crippen MR) is 117 cm³/mol. The molecule has 2 aromatic carbocycles. The normalized spacial score (nSPS) is 10.9. The number of hydrogen-bond acceptors (Lipinski definition) is 6. The summed E-state index contributed by atoms with van der Waals surface area (Å²) in [6.45, 7) is 0.832. The summed E-state index contributed by atoms with van der Waals surface area (Å²) in [5, 5.41) is 18.0. The summed E-state index contributed by atoms with van der Waals surface area (Å²) < 4.78 is 16.0. The van der Waals surface area contributed by atoms with E-state index >= 15 is 0 Å². The van der Waals surface area contributed by atoms with E-state index in [1.165, 1.54) is 46.0 Å². The highest BCUT2D eigenvalue weighted by atomic mass is 19.1. The molecule has 0 fully saturated rings. The summed E-state index contributed by atoms with van der Waals surface area (Å²) in [7, 11) is 0. The standard InChI is InChI=1S/C22H19FN6O4/c23-17-5-1-16(2-6-17)13-27-14-25-21-19(22(27)31)12-26-28(21)10-9-24-20(30)11-15-3-7-18(8-4-15)29(32)33/h1-8,12,14H,9-11,13H2,(H,24,30). The van der Waals surface area contributed by atoms with Crippen molar-refractivity contribution in [1.29, 1.82) is 0 Å². The maximum atomic E-state index is 13.1. The minimum atomic E-state index is -0.496. The second-order valence-electron chi connectivity index (χ2n) is 7.36. The van der Waals surface area contributed by atoms with Crippen molar-refractivity contribution in [2.45, 2.75) is 19.5 Å². The second-order valence-corrected chi connectivity index (χ2v) is 7.36. The Bertz CT molecular complexity index is 1360. The first-order chi connectivity index (χ1) is 15.9. The van der Waals surface area contributed by atoms with Gasteiger partial charge in [0, 0.05) is 18.7 Å². The molecule has 0 aliphatic rings. The number of carbonyl (C=O) groups is 1. The topological polar surface area (TPSA) is 125 Å². The first-order valence-corrected chi connectivity index (χ1v) is 10.1. The highest BCUT2D eigenvalue weighted by Gasteiger charge is 2.11. The number of aromatic nitrogens is 4. The van der Waals surface area contributed by atoms with E-state index in [-0.39, 0.29) is 42.5 Å². The molecular weight excluding hydrogens is 431 g/mol. The van der Waals surface area contributed by atoms with Gasteiger partial charge in [-0.2, -0.15) is 5.10 Å². The Balaban J connectivity index is 1.36. The quantitative estimate of drug-likeness (QED) is 0.324. The average molecular weight is 450 g/mol. The summed E-state index contributed by atoms with van der Waals surface area (Å²) in [5.41, 5.74) is 1.53. The molecule has 33 heavy (non-hydrogen) atoms. The lowest BCUT2D eigenvalue weighted by Crippen LogP contribution is -2.29. The van der Waals surface area contributed by atoms with Crippen molar-refractivity contribution in [1.82, 2.24) is 24.6 Å². The smallest absolute Gasteiger partial charge is 0.269 e. The van der Waals surface area contributed by atoms with Gasteiger partial charge in [-0.3, -0.25) is 24.3 Å². The number of amides is 1. The molecule has 0 saturated heterocycles. The van der Waals surface area contributed by atoms with Crippen molar-refractivity contribution < 1.29 is 14.1 Å². The second kappa shape index (κ2) is 9.39. The molecule has 0 radical (unpaired) electrons. The van der Waals surface area contributed by atoms with Gasteiger partial charge in [0.05, 0.1) is 30.6 Å². The SMILES string of the molecule is O=C(Cc1ccc([N+](=O)[O-])cc1)NCCn1ncc2c(=O)n(Cc3ccc(F)cc3)cnc21. The molecule has 11 heteroatoms. The number of rotatable bonds is 8. The first kappa shape index (κ1) is 21.8. The van der Waals surface area contributed by atoms with E-state index < -0.39 is 4.92 Å². The zero-order chi connectivity index (χ0) is 23.4. The van der Waals surface area contributed by atoms with Crippen LogP contribution in [0.2, 0.25) is 0 Å². The zero-order valence-corrected chi connectivity index (χ0v) is 17.3. The highest BCUT2D eigenvalue weighted by Crippen LogP contribution is 2.12. The Hall–Kier alpha value is -4.41. The van der Waals surface area contributed by atoms with Gasteiger partial charge in [0.25, 0.3) is 11.2 Å². The summed E-state index contributed by atoms with van der Waals surface area (Å²) in [6.07, 6.45) is 2.94. The lowest BCUT2D eigenvalue weighted by atomic mass is 10.1. The molecule has 168 valence electrons. The number of carbonyl (C=O) groups excluding carboxylic acids is 1. The maximum absolute atomic E-state index is 13.1. The molecule has 0 atom stereocenters. The minimum absolute atomic E-state index is 0.0334. The lowest BCUT2D eigenvalue weighted by Gasteiger charge is -2.08. The van der Waals surface area contributed by atoms with Gasteiger partial charge < -0.3 is 5.32 Å². The Morgan fingerprint density at radius 3 is 2.48 bits per heavy atom. The monoisotopic (exact) mass is 450 g/mol. The fourth-order valence-corrected chi connectivity index (χ4v) is 3.34. The van der Waals surface area contributed by atoms with Crippen LogP contribution < -0.4 is 10.9 Å². The number of nitro benzene ring substituents is 1. The zero-order valence-electron chi connectivity index (χ0n) is 17.3. The van der Waals surface area contributed by atoms with E-state index in [2.05, 4.69) is 15.4 Å². The van der Waals surface area contributed by atoms with Gasteiger partial charge in [-0.1, -0.05) is 24.3 Å². The van der Waals surface area contributed by atoms with Gasteiger partial charge in [0.1, 0.15) is 17.5 Å². The molecule has 0 unspecified atom stereocenters. The molecule has 4 rings (SSSR count). The number of halogens is 1. The molecule has 2 aromatic heterocycles. The third-order valence-electron chi connectivity index (χ3n) is 5.05. The molecule has 10 nitrogen and oxygen atoms in total. The Morgan fingerprint density at radius 1 is 1.09 bits per heavy atom. The van der Waals surface area contributed by atoms with E-state index in [0.717, 1.165) is 5.56 Å². The molecule has 1 N–H and O–H groups in total. The molecule has 0 spiro atoms. The molecule has 0 saturated carbocycles. The van der Waals surface area contributed by atoms with Crippen LogP contribution in [0.3, 0.4) is 0 Å². The number of benzene rings is 2. The summed E-state index contributed by atoms with van der Waals surface area (Å²) in [4.78, 5) is 39.4. The number of hydrogen-bond donors (Lipinski definition) is 1. The number of nitro groups is 1. The Labute approximate surface area is 186 Å². The van der Waals surface area contributed by atoms with Gasteiger partial charge >= 0.3 is 0 Å². The van der Waals surface area contributed by atoms with E-state index in [0.29, 0.717) is 23.1 Å². The molecule has 0 aliphatic heterocycles. The van der Waals surface area contributed by atoms with E-state index in [1.807, 2.05) is 0 Å². The largest absolute Gasteiger partial charge is 0.354 e. The molecule has 2 heterocycles. The molecule has 0 aliphatic carbocycles. The Morgan fingerprint density at radius 2 is 1.79 bits per heavy atom. The molecule has 1 amide bonds. The van der Waals surface area contributed by atoms with Crippen LogP contribution in [0.25, 0.3) is 11.0 Å². The van der Waals surface area contributed by atoms with Crippen molar-refractivity contribution in [2.24, 2.45) is 0 Å². The van der Waals surface area contributed by atoms with E-state index in [4.69, 9.17) is 0 Å². The van der Waals surface area contributed by atoms with E-state index in [9.17, 15) is 24.1 Å². The number of non-ortho nitro benzene ring substituents is 1. The third kappa shape index (κ3) is 5.09. The summed E-state index contributed by atoms with van der Waals surface area (Å²) in [6, 6.07) is 11.7. The van der Waals surface area contributed by atoms with Crippen LogP contribution in [-0.4, -0.2) is 36.7 Å². The van der Waals surface area contributed by atoms with Gasteiger partial charge in [-0.05, 0) is 23.3 Å². The van der Waals surface area contributed by atoms with Crippen LogP contribution in [0.5, 0.6) is 0 Å².